The second-order valence-electron chi connectivity index (χ2n) is 3.05. The monoisotopic (exact) mass is 303 g/mol. The summed E-state index contributed by atoms with van der Waals surface area (Å²) in [7, 11) is -0.108. The highest BCUT2D eigenvalue weighted by atomic mass is 79.9. The molecule has 5 nitrogen and oxygen atoms in total. The molecule has 0 spiro atoms. The molecule has 92 valence electrons. The highest BCUT2D eigenvalue weighted by molar-refractivity contribution is 9.09. The summed E-state index contributed by atoms with van der Waals surface area (Å²) in [4.78, 5) is 0.174. The van der Waals surface area contributed by atoms with Crippen LogP contribution in [-0.2, 0) is 19.5 Å². The maximum absolute atomic E-state index is 11.3. The topological polar surface area (TPSA) is 64.6 Å². The largest absolute Gasteiger partial charge is 0.384 e. The van der Waals surface area contributed by atoms with Crippen molar-refractivity contribution in [2.45, 2.75) is 11.2 Å². The Balaban J connectivity index is 3.65. The first-order valence-corrected chi connectivity index (χ1v) is 7.18. The van der Waals surface area contributed by atoms with Crippen molar-refractivity contribution in [1.82, 2.24) is 4.72 Å². The second kappa shape index (κ2) is 8.46. The molecule has 0 saturated heterocycles. The van der Waals surface area contributed by atoms with Crippen LogP contribution in [-0.4, -0.2) is 53.0 Å². The van der Waals surface area contributed by atoms with Crippen LogP contribution in [0.1, 0.15) is 6.42 Å². The molecule has 0 aliphatic heterocycles. The first-order chi connectivity index (χ1) is 7.02. The van der Waals surface area contributed by atoms with E-state index in [1.54, 1.807) is 7.11 Å². The Morgan fingerprint density at radius 3 is 2.53 bits per heavy atom. The summed E-state index contributed by atoms with van der Waals surface area (Å²) in [5.74, 6) is 0.000724. The maximum atomic E-state index is 11.3. The van der Waals surface area contributed by atoms with E-state index in [4.69, 9.17) is 9.47 Å². The lowest BCUT2D eigenvalue weighted by Crippen LogP contribution is -2.30. The Morgan fingerprint density at radius 2 is 2.00 bits per heavy atom. The average Bonchev–Trinajstić information content (AvgIpc) is 2.15. The maximum Gasteiger partial charge on any atom is 0.213 e. The summed E-state index contributed by atoms with van der Waals surface area (Å²) in [5, 5.41) is 0. The van der Waals surface area contributed by atoms with Gasteiger partial charge in [0.2, 0.25) is 10.0 Å². The molecule has 0 aliphatic rings. The van der Waals surface area contributed by atoms with Gasteiger partial charge in [-0.15, -0.1) is 0 Å². The van der Waals surface area contributed by atoms with Crippen molar-refractivity contribution in [3.63, 3.8) is 0 Å². The van der Waals surface area contributed by atoms with E-state index in [1.165, 1.54) is 7.11 Å². The van der Waals surface area contributed by atoms with E-state index >= 15 is 0 Å². The van der Waals surface area contributed by atoms with Crippen molar-refractivity contribution in [3.05, 3.63) is 0 Å². The number of ether oxygens (including phenoxy) is 2. The third-order valence-corrected chi connectivity index (χ3v) is 3.75. The Morgan fingerprint density at radius 1 is 1.33 bits per heavy atom. The minimum absolute atomic E-state index is 0.000724. The lowest BCUT2D eigenvalue weighted by atomic mass is 10.3. The molecule has 0 aliphatic carbocycles. The molecular formula is C8H18BrNO4S. The molecule has 0 rings (SSSR count). The Hall–Kier alpha value is 0.310. The van der Waals surface area contributed by atoms with E-state index < -0.39 is 10.0 Å². The highest BCUT2D eigenvalue weighted by Gasteiger charge is 2.10. The quantitative estimate of drug-likeness (QED) is 0.624. The van der Waals surface area contributed by atoms with Gasteiger partial charge in [0.1, 0.15) is 0 Å². The number of methoxy groups -OCH3 is 2. The first-order valence-electron chi connectivity index (χ1n) is 4.61. The van der Waals surface area contributed by atoms with Crippen LogP contribution in [0.25, 0.3) is 0 Å². The van der Waals surface area contributed by atoms with E-state index in [2.05, 4.69) is 20.7 Å². The zero-order chi connectivity index (χ0) is 11.7. The fraction of sp³-hybridized carbons (Fsp3) is 1.00. The lowest BCUT2D eigenvalue weighted by Gasteiger charge is -2.09. The Bertz CT molecular complexity index is 245. The molecule has 15 heavy (non-hydrogen) atoms. The summed E-state index contributed by atoms with van der Waals surface area (Å²) in [6.07, 6.45) is 0.694. The van der Waals surface area contributed by atoms with Crippen LogP contribution in [0.4, 0.5) is 0 Å². The Kier molecular flexibility index (Phi) is 8.64. The zero-order valence-corrected chi connectivity index (χ0v) is 11.4. The average molecular weight is 304 g/mol. The van der Waals surface area contributed by atoms with Gasteiger partial charge in [0.05, 0.1) is 19.0 Å². The zero-order valence-electron chi connectivity index (χ0n) is 9.03. The molecule has 0 aromatic rings. The summed E-state index contributed by atoms with van der Waals surface area (Å²) < 4.78 is 34.7. The van der Waals surface area contributed by atoms with E-state index in [-0.39, 0.29) is 17.2 Å². The number of hydrogen-bond acceptors (Lipinski definition) is 4. The fourth-order valence-corrected chi connectivity index (χ4v) is 2.35. The standard InChI is InChI=1S/C8H18BrNO4S/c1-13-5-6-15(11,12)10-4-3-8(9)7-14-2/h8,10H,3-7H2,1-2H3. The molecule has 7 heteroatoms. The van der Waals surface area contributed by atoms with E-state index in [0.717, 1.165) is 0 Å². The number of halogens is 1. The van der Waals surface area contributed by atoms with Gasteiger partial charge in [-0.2, -0.15) is 0 Å². The van der Waals surface area contributed by atoms with Crippen LogP contribution in [0.15, 0.2) is 0 Å². The van der Waals surface area contributed by atoms with E-state index in [0.29, 0.717) is 19.6 Å². The highest BCUT2D eigenvalue weighted by Crippen LogP contribution is 2.04. The van der Waals surface area contributed by atoms with Gasteiger partial charge in [0, 0.05) is 25.6 Å². The van der Waals surface area contributed by atoms with Gasteiger partial charge >= 0.3 is 0 Å². The third kappa shape index (κ3) is 9.25. The minimum Gasteiger partial charge on any atom is -0.384 e. The first kappa shape index (κ1) is 15.3. The SMILES string of the molecule is COCCS(=O)(=O)NCCC(Br)COC. The lowest BCUT2D eigenvalue weighted by molar-refractivity contribution is 0.199. The van der Waals surface area contributed by atoms with Crippen LogP contribution in [0.3, 0.4) is 0 Å². The molecule has 0 aromatic carbocycles. The predicted octanol–water partition coefficient (Wildman–Crippen LogP) is 0.352. The third-order valence-electron chi connectivity index (χ3n) is 1.68. The van der Waals surface area contributed by atoms with Crippen molar-refractivity contribution in [3.8, 4) is 0 Å². The van der Waals surface area contributed by atoms with Gasteiger partial charge < -0.3 is 9.47 Å². The van der Waals surface area contributed by atoms with Gasteiger partial charge in [0.25, 0.3) is 0 Å². The molecule has 0 fully saturated rings. The van der Waals surface area contributed by atoms with Crippen LogP contribution < -0.4 is 4.72 Å². The smallest absolute Gasteiger partial charge is 0.213 e. The molecule has 1 N–H and O–H groups in total. The number of alkyl halides is 1. The molecule has 0 radical (unpaired) electrons. The summed E-state index contributed by atoms with van der Waals surface area (Å²) >= 11 is 3.37. The van der Waals surface area contributed by atoms with Crippen molar-refractivity contribution in [2.24, 2.45) is 0 Å². The number of nitrogens with one attached hydrogen (secondary N) is 1. The van der Waals surface area contributed by atoms with Gasteiger partial charge in [-0.1, -0.05) is 15.9 Å². The van der Waals surface area contributed by atoms with Crippen molar-refractivity contribution < 1.29 is 17.9 Å². The predicted molar refractivity (Wildman–Crippen MR) is 62.9 cm³/mol. The van der Waals surface area contributed by atoms with Crippen LogP contribution in [0, 0.1) is 0 Å². The van der Waals surface area contributed by atoms with Gasteiger partial charge in [-0.25, -0.2) is 13.1 Å². The van der Waals surface area contributed by atoms with E-state index in [9.17, 15) is 8.42 Å². The Labute approximate surface area is 99.7 Å². The van der Waals surface area contributed by atoms with Crippen molar-refractivity contribution in [1.29, 1.82) is 0 Å². The molecule has 1 atom stereocenters. The number of rotatable bonds is 9. The van der Waals surface area contributed by atoms with Gasteiger partial charge in [-0.3, -0.25) is 0 Å². The molecule has 1 unspecified atom stereocenters. The normalized spacial score (nSPS) is 14.1. The summed E-state index contributed by atoms with van der Waals surface area (Å²) in [5.41, 5.74) is 0. The molecule has 0 saturated carbocycles. The van der Waals surface area contributed by atoms with Crippen LogP contribution in [0.5, 0.6) is 0 Å². The van der Waals surface area contributed by atoms with Gasteiger partial charge in [-0.05, 0) is 6.42 Å². The molecule has 0 aromatic heterocycles. The summed E-state index contributed by atoms with van der Waals surface area (Å²) in [6.45, 7) is 1.19. The van der Waals surface area contributed by atoms with Crippen LogP contribution >= 0.6 is 15.9 Å². The molecular weight excluding hydrogens is 286 g/mol. The summed E-state index contributed by atoms with van der Waals surface area (Å²) in [6, 6.07) is 0. The van der Waals surface area contributed by atoms with Crippen molar-refractivity contribution >= 4 is 26.0 Å². The molecule has 0 heterocycles. The number of hydrogen-bond donors (Lipinski definition) is 1. The minimum atomic E-state index is -3.19. The van der Waals surface area contributed by atoms with E-state index in [1.807, 2.05) is 0 Å². The van der Waals surface area contributed by atoms with Crippen LogP contribution in [0.2, 0.25) is 0 Å². The fourth-order valence-electron chi connectivity index (χ4n) is 0.900. The van der Waals surface area contributed by atoms with Crippen molar-refractivity contribution in [2.75, 3.05) is 39.7 Å². The second-order valence-corrected chi connectivity index (χ2v) is 6.27. The molecule has 0 amide bonds. The molecule has 0 bridgehead atoms. The van der Waals surface area contributed by atoms with Gasteiger partial charge in [0.15, 0.2) is 0 Å². The number of sulfonamides is 1.